The molecular formula is C8H15ClN2O2. The molecule has 0 heterocycles. The van der Waals surface area contributed by atoms with Crippen molar-refractivity contribution in [1.29, 1.82) is 0 Å². The van der Waals surface area contributed by atoms with E-state index < -0.39 is 11.7 Å². The van der Waals surface area contributed by atoms with Gasteiger partial charge >= 0.3 is 6.09 Å². The van der Waals surface area contributed by atoms with Crippen molar-refractivity contribution in [2.45, 2.75) is 33.3 Å². The summed E-state index contributed by atoms with van der Waals surface area (Å²) in [5.41, 5.74) is 2.36. The van der Waals surface area contributed by atoms with Crippen molar-refractivity contribution in [3.8, 4) is 0 Å². The minimum Gasteiger partial charge on any atom is -0.443 e. The second-order valence-electron chi connectivity index (χ2n) is 3.59. The summed E-state index contributed by atoms with van der Waals surface area (Å²) < 4.78 is 4.93. The van der Waals surface area contributed by atoms with E-state index in [2.05, 4.69) is 10.5 Å². The number of ether oxygens (including phenoxy) is 1. The van der Waals surface area contributed by atoms with E-state index in [9.17, 15) is 4.79 Å². The van der Waals surface area contributed by atoms with E-state index in [0.717, 1.165) is 0 Å². The number of carbonyl (C=O) groups is 1. The number of hydrazone groups is 1. The van der Waals surface area contributed by atoms with E-state index in [1.165, 1.54) is 0 Å². The zero-order valence-electron chi connectivity index (χ0n) is 8.35. The number of alkyl halides is 1. The van der Waals surface area contributed by atoms with Crippen LogP contribution in [0.1, 0.15) is 27.7 Å². The molecule has 0 saturated carbocycles. The largest absolute Gasteiger partial charge is 0.443 e. The summed E-state index contributed by atoms with van der Waals surface area (Å²) in [5.74, 6) is 0.287. The Hall–Kier alpha value is -0.770. The molecule has 0 fully saturated rings. The zero-order chi connectivity index (χ0) is 10.5. The molecule has 0 aliphatic carbocycles. The first-order valence-corrected chi connectivity index (χ1v) is 4.46. The van der Waals surface area contributed by atoms with Crippen molar-refractivity contribution >= 4 is 23.4 Å². The van der Waals surface area contributed by atoms with Crippen molar-refractivity contribution in [3.05, 3.63) is 0 Å². The Labute approximate surface area is 83.3 Å². The fourth-order valence-corrected chi connectivity index (χ4v) is 0.532. The predicted octanol–water partition coefficient (Wildman–Crippen LogP) is 2.13. The summed E-state index contributed by atoms with van der Waals surface area (Å²) in [4.78, 5) is 11.0. The van der Waals surface area contributed by atoms with Gasteiger partial charge in [-0.25, -0.2) is 10.2 Å². The van der Waals surface area contributed by atoms with E-state index in [-0.39, 0.29) is 5.88 Å². The highest BCUT2D eigenvalue weighted by molar-refractivity contribution is 6.28. The maximum absolute atomic E-state index is 11.0. The maximum atomic E-state index is 11.0. The van der Waals surface area contributed by atoms with Crippen molar-refractivity contribution in [3.63, 3.8) is 0 Å². The molecule has 0 aromatic carbocycles. The van der Waals surface area contributed by atoms with E-state index in [1.807, 2.05) is 0 Å². The van der Waals surface area contributed by atoms with Gasteiger partial charge in [-0.05, 0) is 27.7 Å². The molecule has 13 heavy (non-hydrogen) atoms. The Morgan fingerprint density at radius 2 is 2.08 bits per heavy atom. The number of hydrogen-bond acceptors (Lipinski definition) is 3. The summed E-state index contributed by atoms with van der Waals surface area (Å²) in [7, 11) is 0. The molecular weight excluding hydrogens is 192 g/mol. The van der Waals surface area contributed by atoms with Crippen molar-refractivity contribution in [1.82, 2.24) is 5.43 Å². The Morgan fingerprint density at radius 3 is 2.46 bits per heavy atom. The number of rotatable bonds is 2. The van der Waals surface area contributed by atoms with Crippen LogP contribution >= 0.6 is 11.6 Å². The summed E-state index contributed by atoms with van der Waals surface area (Å²) >= 11 is 5.45. The Bertz CT molecular complexity index is 209. The normalized spacial score (nSPS) is 12.5. The Kier molecular flexibility index (Phi) is 4.77. The van der Waals surface area contributed by atoms with Gasteiger partial charge in [0.1, 0.15) is 5.60 Å². The minimum absolute atomic E-state index is 0.287. The van der Waals surface area contributed by atoms with Gasteiger partial charge in [-0.15, -0.1) is 11.6 Å². The van der Waals surface area contributed by atoms with Crippen LogP contribution in [0.15, 0.2) is 5.10 Å². The molecule has 1 N–H and O–H groups in total. The topological polar surface area (TPSA) is 50.7 Å². The average Bonchev–Trinajstić information content (AvgIpc) is 1.97. The summed E-state index contributed by atoms with van der Waals surface area (Å²) in [6.45, 7) is 7.06. The van der Waals surface area contributed by atoms with E-state index in [1.54, 1.807) is 27.7 Å². The van der Waals surface area contributed by atoms with Gasteiger partial charge in [-0.3, -0.25) is 0 Å². The SMILES string of the molecule is CC(CCl)=NNC(=O)OC(C)(C)C. The summed E-state index contributed by atoms with van der Waals surface area (Å²) in [6.07, 6.45) is -0.572. The minimum atomic E-state index is -0.572. The molecule has 5 heteroatoms. The highest BCUT2D eigenvalue weighted by Crippen LogP contribution is 2.06. The first-order chi connectivity index (χ1) is 5.85. The van der Waals surface area contributed by atoms with Crippen LogP contribution in [-0.2, 0) is 4.74 Å². The van der Waals surface area contributed by atoms with Crippen LogP contribution in [0.25, 0.3) is 0 Å². The first-order valence-electron chi connectivity index (χ1n) is 3.93. The number of hydrogen-bond donors (Lipinski definition) is 1. The second-order valence-corrected chi connectivity index (χ2v) is 3.86. The van der Waals surface area contributed by atoms with Gasteiger partial charge < -0.3 is 4.74 Å². The first kappa shape index (κ1) is 12.2. The smallest absolute Gasteiger partial charge is 0.428 e. The van der Waals surface area contributed by atoms with Gasteiger partial charge in [-0.2, -0.15) is 5.10 Å². The summed E-state index contributed by atoms with van der Waals surface area (Å²) in [6, 6.07) is 0. The van der Waals surface area contributed by atoms with Crippen LogP contribution < -0.4 is 5.43 Å². The third-order valence-electron chi connectivity index (χ3n) is 0.930. The number of carbonyl (C=O) groups excluding carboxylic acids is 1. The van der Waals surface area contributed by atoms with Gasteiger partial charge in [0.2, 0.25) is 0 Å². The van der Waals surface area contributed by atoms with Gasteiger partial charge in [0.15, 0.2) is 0 Å². The van der Waals surface area contributed by atoms with Gasteiger partial charge in [0.25, 0.3) is 0 Å². The fraction of sp³-hybridized carbons (Fsp3) is 0.750. The van der Waals surface area contributed by atoms with E-state index in [0.29, 0.717) is 5.71 Å². The van der Waals surface area contributed by atoms with Crippen LogP contribution in [0.4, 0.5) is 4.79 Å². The number of nitrogens with one attached hydrogen (secondary N) is 1. The van der Waals surface area contributed by atoms with Gasteiger partial charge in [0.05, 0.1) is 11.6 Å². The number of nitrogens with zero attached hydrogens (tertiary/aromatic N) is 1. The Balaban J connectivity index is 3.90. The molecule has 76 valence electrons. The maximum Gasteiger partial charge on any atom is 0.428 e. The lowest BCUT2D eigenvalue weighted by Gasteiger charge is -2.18. The average molecular weight is 207 g/mol. The third-order valence-corrected chi connectivity index (χ3v) is 1.32. The van der Waals surface area contributed by atoms with Crippen molar-refractivity contribution < 1.29 is 9.53 Å². The van der Waals surface area contributed by atoms with Crippen LogP contribution in [0, 0.1) is 0 Å². The molecule has 0 atom stereocenters. The predicted molar refractivity (Wildman–Crippen MR) is 53.2 cm³/mol. The highest BCUT2D eigenvalue weighted by Gasteiger charge is 2.15. The summed E-state index contributed by atoms with van der Waals surface area (Å²) in [5, 5.41) is 3.69. The zero-order valence-corrected chi connectivity index (χ0v) is 9.10. The van der Waals surface area contributed by atoms with Crippen LogP contribution in [0.2, 0.25) is 0 Å². The number of halogens is 1. The fourth-order valence-electron chi connectivity index (χ4n) is 0.472. The van der Waals surface area contributed by atoms with Crippen LogP contribution in [0.5, 0.6) is 0 Å². The molecule has 0 unspecified atom stereocenters. The van der Waals surface area contributed by atoms with Crippen LogP contribution in [0.3, 0.4) is 0 Å². The lowest BCUT2D eigenvalue weighted by Crippen LogP contribution is -2.30. The Morgan fingerprint density at radius 1 is 1.54 bits per heavy atom. The second kappa shape index (κ2) is 5.07. The van der Waals surface area contributed by atoms with Crippen molar-refractivity contribution in [2.75, 3.05) is 5.88 Å². The molecule has 0 radical (unpaired) electrons. The van der Waals surface area contributed by atoms with Gasteiger partial charge in [-0.1, -0.05) is 0 Å². The monoisotopic (exact) mass is 206 g/mol. The molecule has 4 nitrogen and oxygen atoms in total. The van der Waals surface area contributed by atoms with Gasteiger partial charge in [0, 0.05) is 0 Å². The standard InChI is InChI=1S/C8H15ClN2O2/c1-6(5-9)10-11-7(12)13-8(2,3)4/h5H2,1-4H3,(H,11,12). The lowest BCUT2D eigenvalue weighted by atomic mass is 10.2. The molecule has 1 amide bonds. The molecule has 0 spiro atoms. The molecule has 0 aliphatic heterocycles. The van der Waals surface area contributed by atoms with Crippen LogP contribution in [-0.4, -0.2) is 23.3 Å². The third kappa shape index (κ3) is 7.59. The molecule has 0 bridgehead atoms. The molecule has 0 saturated heterocycles. The number of amides is 1. The van der Waals surface area contributed by atoms with Crippen molar-refractivity contribution in [2.24, 2.45) is 5.10 Å². The molecule has 0 rings (SSSR count). The molecule has 0 aromatic heterocycles. The highest BCUT2D eigenvalue weighted by atomic mass is 35.5. The molecule has 0 aliphatic rings. The van der Waals surface area contributed by atoms with E-state index >= 15 is 0 Å². The van der Waals surface area contributed by atoms with E-state index in [4.69, 9.17) is 16.3 Å². The lowest BCUT2D eigenvalue weighted by molar-refractivity contribution is 0.0529. The quantitative estimate of drug-likeness (QED) is 0.428. The molecule has 0 aromatic rings.